The van der Waals surface area contributed by atoms with E-state index >= 15 is 0 Å². The van der Waals surface area contributed by atoms with Gasteiger partial charge in [-0.25, -0.2) is 0 Å². The van der Waals surface area contributed by atoms with Crippen molar-refractivity contribution in [2.24, 2.45) is 13.0 Å². The molecule has 1 aliphatic heterocycles. The normalized spacial score (nSPS) is 26.7. The lowest BCUT2D eigenvalue weighted by Gasteiger charge is -2.06. The monoisotopic (exact) mass is 194 g/mol. The molecule has 0 N–H and O–H groups in total. The van der Waals surface area contributed by atoms with E-state index in [1.165, 1.54) is 0 Å². The van der Waals surface area contributed by atoms with E-state index in [2.05, 4.69) is 5.10 Å². The van der Waals surface area contributed by atoms with Gasteiger partial charge in [-0.2, -0.15) is 5.10 Å². The van der Waals surface area contributed by atoms with Gasteiger partial charge in [-0.05, 0) is 19.4 Å². The van der Waals surface area contributed by atoms with Gasteiger partial charge in [-0.15, -0.1) is 0 Å². The van der Waals surface area contributed by atoms with E-state index < -0.39 is 0 Å². The quantitative estimate of drug-likeness (QED) is 0.660. The minimum Gasteiger partial charge on any atom is -0.378 e. The molecule has 0 aliphatic carbocycles. The molecule has 0 saturated carbocycles. The average Bonchev–Trinajstić information content (AvgIpc) is 2.73. The second-order valence-electron chi connectivity index (χ2n) is 3.78. The van der Waals surface area contributed by atoms with Crippen LogP contribution >= 0.6 is 0 Å². The minimum atomic E-state index is 0.0143. The maximum atomic E-state index is 11.9. The third kappa shape index (κ3) is 1.57. The van der Waals surface area contributed by atoms with Crippen LogP contribution < -0.4 is 0 Å². The highest BCUT2D eigenvalue weighted by Crippen LogP contribution is 2.22. The third-order valence-corrected chi connectivity index (χ3v) is 2.64. The first-order valence-electron chi connectivity index (χ1n) is 4.82. The van der Waals surface area contributed by atoms with Gasteiger partial charge in [0, 0.05) is 19.2 Å². The van der Waals surface area contributed by atoms with Crippen LogP contribution in [0, 0.1) is 5.92 Å². The summed E-state index contributed by atoms with van der Waals surface area (Å²) in [5.74, 6) is 0.162. The summed E-state index contributed by atoms with van der Waals surface area (Å²) in [4.78, 5) is 11.9. The van der Waals surface area contributed by atoms with Crippen LogP contribution in [0.25, 0.3) is 0 Å². The van der Waals surface area contributed by atoms with Crippen molar-refractivity contribution in [3.63, 3.8) is 0 Å². The van der Waals surface area contributed by atoms with Crippen molar-refractivity contribution in [3.8, 4) is 0 Å². The second-order valence-corrected chi connectivity index (χ2v) is 3.78. The number of ether oxygens (including phenoxy) is 1. The van der Waals surface area contributed by atoms with Crippen LogP contribution in [0.15, 0.2) is 12.3 Å². The fourth-order valence-electron chi connectivity index (χ4n) is 1.82. The van der Waals surface area contributed by atoms with Gasteiger partial charge in [0.25, 0.3) is 0 Å². The Morgan fingerprint density at radius 2 is 2.50 bits per heavy atom. The molecule has 0 radical (unpaired) electrons. The predicted octanol–water partition coefficient (Wildman–Crippen LogP) is 1.03. The number of aromatic nitrogens is 2. The molecule has 2 heterocycles. The van der Waals surface area contributed by atoms with E-state index in [0.717, 1.165) is 6.42 Å². The Morgan fingerprint density at radius 1 is 1.71 bits per heavy atom. The van der Waals surface area contributed by atoms with E-state index in [1.807, 2.05) is 6.92 Å². The molecule has 4 nitrogen and oxygen atoms in total. The summed E-state index contributed by atoms with van der Waals surface area (Å²) in [6.45, 7) is 2.54. The number of carbonyl (C=O) groups is 1. The maximum absolute atomic E-state index is 11.9. The predicted molar refractivity (Wildman–Crippen MR) is 51.1 cm³/mol. The number of ketones is 1. The molecule has 14 heavy (non-hydrogen) atoms. The summed E-state index contributed by atoms with van der Waals surface area (Å²) in [7, 11) is 1.78. The number of nitrogens with zero attached hydrogens (tertiary/aromatic N) is 2. The van der Waals surface area contributed by atoms with Gasteiger partial charge >= 0.3 is 0 Å². The molecule has 4 heteroatoms. The molecule has 1 aromatic heterocycles. The van der Waals surface area contributed by atoms with Crippen LogP contribution in [0.5, 0.6) is 0 Å². The molecule has 1 fully saturated rings. The van der Waals surface area contributed by atoms with Crippen molar-refractivity contribution in [1.82, 2.24) is 9.78 Å². The lowest BCUT2D eigenvalue weighted by Crippen LogP contribution is -2.18. The van der Waals surface area contributed by atoms with Gasteiger partial charge in [-0.3, -0.25) is 9.48 Å². The first kappa shape index (κ1) is 9.40. The van der Waals surface area contributed by atoms with Crippen LogP contribution in [-0.4, -0.2) is 28.3 Å². The van der Waals surface area contributed by atoms with Gasteiger partial charge in [0.2, 0.25) is 0 Å². The van der Waals surface area contributed by atoms with Gasteiger partial charge in [-0.1, -0.05) is 0 Å². The van der Waals surface area contributed by atoms with Gasteiger partial charge < -0.3 is 4.74 Å². The largest absolute Gasteiger partial charge is 0.378 e. The molecule has 2 rings (SSSR count). The highest BCUT2D eigenvalue weighted by molar-refractivity contribution is 5.96. The Labute approximate surface area is 82.9 Å². The summed E-state index contributed by atoms with van der Waals surface area (Å²) in [6, 6.07) is 1.76. The van der Waals surface area contributed by atoms with Crippen molar-refractivity contribution in [2.45, 2.75) is 19.4 Å². The van der Waals surface area contributed by atoms with E-state index in [4.69, 9.17) is 4.74 Å². The zero-order chi connectivity index (χ0) is 10.1. The lowest BCUT2D eigenvalue weighted by molar-refractivity contribution is 0.0869. The van der Waals surface area contributed by atoms with E-state index in [0.29, 0.717) is 12.3 Å². The van der Waals surface area contributed by atoms with Crippen LogP contribution in [0.4, 0.5) is 0 Å². The fourth-order valence-corrected chi connectivity index (χ4v) is 1.82. The Balaban J connectivity index is 2.13. The highest BCUT2D eigenvalue weighted by atomic mass is 16.5. The zero-order valence-electron chi connectivity index (χ0n) is 8.43. The summed E-state index contributed by atoms with van der Waals surface area (Å²) in [6.07, 6.45) is 2.67. The van der Waals surface area contributed by atoms with Gasteiger partial charge in [0.05, 0.1) is 12.7 Å². The molecular weight excluding hydrogens is 180 g/mol. The number of hydrogen-bond acceptors (Lipinski definition) is 3. The topological polar surface area (TPSA) is 44.1 Å². The van der Waals surface area contributed by atoms with Crippen molar-refractivity contribution in [3.05, 3.63) is 18.0 Å². The molecule has 0 bridgehead atoms. The number of rotatable bonds is 2. The molecule has 1 aromatic rings. The standard InChI is InChI=1S/C10H14N2O2/c1-7-5-8(6-14-7)10(13)9-3-4-11-12(9)2/h3-4,7-8H,5-6H2,1-2H3. The Morgan fingerprint density at radius 3 is 3.00 bits per heavy atom. The Hall–Kier alpha value is -1.16. The zero-order valence-corrected chi connectivity index (χ0v) is 8.43. The molecule has 1 saturated heterocycles. The second kappa shape index (κ2) is 3.53. The van der Waals surface area contributed by atoms with E-state index in [1.54, 1.807) is 24.0 Å². The van der Waals surface area contributed by atoms with Gasteiger partial charge in [0.15, 0.2) is 5.78 Å². The molecule has 0 aromatic carbocycles. The van der Waals surface area contributed by atoms with Crippen LogP contribution in [0.3, 0.4) is 0 Å². The summed E-state index contributed by atoms with van der Waals surface area (Å²) in [5, 5.41) is 3.98. The minimum absolute atomic E-state index is 0.0143. The fraction of sp³-hybridized carbons (Fsp3) is 0.600. The SMILES string of the molecule is CC1CC(C(=O)c2ccnn2C)CO1. The molecule has 2 unspecified atom stereocenters. The van der Waals surface area contributed by atoms with Crippen molar-refractivity contribution in [1.29, 1.82) is 0 Å². The summed E-state index contributed by atoms with van der Waals surface area (Å²) >= 11 is 0. The van der Waals surface area contributed by atoms with E-state index in [-0.39, 0.29) is 17.8 Å². The van der Waals surface area contributed by atoms with Crippen LogP contribution in [-0.2, 0) is 11.8 Å². The molecule has 0 amide bonds. The van der Waals surface area contributed by atoms with Crippen molar-refractivity contribution in [2.75, 3.05) is 6.61 Å². The maximum Gasteiger partial charge on any atom is 0.186 e. The van der Waals surface area contributed by atoms with E-state index in [9.17, 15) is 4.79 Å². The summed E-state index contributed by atoms with van der Waals surface area (Å²) in [5.41, 5.74) is 0.674. The number of carbonyl (C=O) groups excluding carboxylic acids is 1. The van der Waals surface area contributed by atoms with Crippen molar-refractivity contribution < 1.29 is 9.53 Å². The summed E-state index contributed by atoms with van der Waals surface area (Å²) < 4.78 is 6.99. The number of hydrogen-bond donors (Lipinski definition) is 0. The number of Topliss-reactive ketones (excluding diaryl/α,β-unsaturated/α-hetero) is 1. The first-order valence-corrected chi connectivity index (χ1v) is 4.82. The highest BCUT2D eigenvalue weighted by Gasteiger charge is 2.30. The molecule has 76 valence electrons. The molecular formula is C10H14N2O2. The average molecular weight is 194 g/mol. The van der Waals surface area contributed by atoms with Crippen LogP contribution in [0.2, 0.25) is 0 Å². The Kier molecular flexibility index (Phi) is 2.37. The molecule has 0 spiro atoms. The van der Waals surface area contributed by atoms with Gasteiger partial charge in [0.1, 0.15) is 5.69 Å². The third-order valence-electron chi connectivity index (χ3n) is 2.64. The molecule has 1 aliphatic rings. The number of aryl methyl sites for hydroxylation is 1. The smallest absolute Gasteiger partial charge is 0.186 e. The van der Waals surface area contributed by atoms with Crippen molar-refractivity contribution >= 4 is 5.78 Å². The lowest BCUT2D eigenvalue weighted by atomic mass is 9.99. The molecule has 2 atom stereocenters. The Bertz CT molecular complexity index is 346. The first-order chi connectivity index (χ1) is 6.68. The van der Waals surface area contributed by atoms with Crippen LogP contribution in [0.1, 0.15) is 23.8 Å².